The second-order valence-corrected chi connectivity index (χ2v) is 4.27. The Kier molecular flexibility index (Phi) is 5.25. The predicted molar refractivity (Wildman–Crippen MR) is 72.2 cm³/mol. The summed E-state index contributed by atoms with van der Waals surface area (Å²) in [5.74, 6) is -1.49. The third-order valence-electron chi connectivity index (χ3n) is 2.83. The largest absolute Gasteiger partial charge is 0.334 e. The molecule has 0 fully saturated rings. The van der Waals surface area contributed by atoms with Crippen LogP contribution in [0.3, 0.4) is 0 Å². The van der Waals surface area contributed by atoms with E-state index >= 15 is 0 Å². The van der Waals surface area contributed by atoms with E-state index in [-0.39, 0.29) is 12.5 Å². The molecule has 0 aliphatic carbocycles. The average Bonchev–Trinajstić information content (AvgIpc) is 2.46. The number of hydrogen-bond donors (Lipinski definition) is 1. The minimum Gasteiger partial charge on any atom is -0.334 e. The van der Waals surface area contributed by atoms with Gasteiger partial charge >= 0.3 is 11.8 Å². The lowest BCUT2D eigenvalue weighted by Crippen LogP contribution is -2.42. The van der Waals surface area contributed by atoms with Crippen molar-refractivity contribution in [2.24, 2.45) is 0 Å². The van der Waals surface area contributed by atoms with Crippen LogP contribution in [0.15, 0.2) is 24.3 Å². The molecule has 20 heavy (non-hydrogen) atoms. The van der Waals surface area contributed by atoms with Crippen LogP contribution >= 0.6 is 0 Å². The molecule has 0 bridgehead atoms. The smallest absolute Gasteiger partial charge is 0.313 e. The lowest BCUT2D eigenvalue weighted by Gasteiger charge is -2.22. The van der Waals surface area contributed by atoms with E-state index in [9.17, 15) is 9.59 Å². The molecule has 0 spiro atoms. The first kappa shape index (κ1) is 15.2. The molecule has 0 aliphatic rings. The van der Waals surface area contributed by atoms with Crippen LogP contribution in [0.5, 0.6) is 0 Å². The zero-order valence-electron chi connectivity index (χ0n) is 11.3. The van der Waals surface area contributed by atoms with Gasteiger partial charge in [0.15, 0.2) is 0 Å². The maximum Gasteiger partial charge on any atom is 0.313 e. The van der Waals surface area contributed by atoms with Crippen LogP contribution in [0, 0.1) is 22.7 Å². The summed E-state index contributed by atoms with van der Waals surface area (Å²) in [7, 11) is 1.47. The molecule has 1 rings (SSSR count). The summed E-state index contributed by atoms with van der Waals surface area (Å²) in [5, 5.41) is 19.7. The van der Waals surface area contributed by atoms with Gasteiger partial charge in [0, 0.05) is 18.8 Å². The Balaban J connectivity index is 2.68. The van der Waals surface area contributed by atoms with Gasteiger partial charge in [-0.3, -0.25) is 9.59 Å². The van der Waals surface area contributed by atoms with Gasteiger partial charge in [-0.15, -0.1) is 0 Å². The second kappa shape index (κ2) is 6.91. The van der Waals surface area contributed by atoms with Crippen LogP contribution in [0.1, 0.15) is 18.9 Å². The first-order chi connectivity index (χ1) is 9.49. The molecule has 1 atom stereocenters. The van der Waals surface area contributed by atoms with E-state index < -0.39 is 11.8 Å². The summed E-state index contributed by atoms with van der Waals surface area (Å²) < 4.78 is 0. The molecule has 1 aromatic carbocycles. The average molecular weight is 270 g/mol. The van der Waals surface area contributed by atoms with E-state index in [1.54, 1.807) is 31.2 Å². The van der Waals surface area contributed by atoms with E-state index in [0.717, 1.165) is 0 Å². The number of hydrogen-bond acceptors (Lipinski definition) is 4. The fourth-order valence-electron chi connectivity index (χ4n) is 1.44. The molecular formula is C14H14N4O2. The van der Waals surface area contributed by atoms with Crippen molar-refractivity contribution < 1.29 is 9.59 Å². The van der Waals surface area contributed by atoms with E-state index in [0.29, 0.717) is 11.3 Å². The number of amides is 2. The Morgan fingerprint density at radius 3 is 2.40 bits per heavy atom. The zero-order chi connectivity index (χ0) is 15.1. The highest BCUT2D eigenvalue weighted by Crippen LogP contribution is 2.09. The molecule has 0 unspecified atom stereocenters. The van der Waals surface area contributed by atoms with Crippen molar-refractivity contribution >= 4 is 17.5 Å². The minimum absolute atomic E-state index is 0.159. The topological polar surface area (TPSA) is 97.0 Å². The molecule has 0 aromatic heterocycles. The van der Waals surface area contributed by atoms with Crippen LogP contribution in [0.2, 0.25) is 0 Å². The van der Waals surface area contributed by atoms with Gasteiger partial charge in [-0.25, -0.2) is 0 Å². The minimum atomic E-state index is -0.776. The Bertz CT molecular complexity index is 581. The number of benzene rings is 1. The van der Waals surface area contributed by atoms with Crippen LogP contribution in [-0.4, -0.2) is 29.8 Å². The Hall–Kier alpha value is -2.86. The van der Waals surface area contributed by atoms with E-state index in [4.69, 9.17) is 10.5 Å². The first-order valence-electron chi connectivity index (χ1n) is 5.95. The molecule has 0 heterocycles. The second-order valence-electron chi connectivity index (χ2n) is 4.27. The standard InChI is InChI=1S/C14H14N4O2/c1-10(7-8-15)18(2)14(20)13(19)17-12-5-3-11(9-16)4-6-12/h3-6,10H,7H2,1-2H3,(H,17,19)/t10-/m1/s1. The molecule has 1 aromatic rings. The summed E-state index contributed by atoms with van der Waals surface area (Å²) in [5.41, 5.74) is 0.901. The lowest BCUT2D eigenvalue weighted by molar-refractivity contribution is -0.143. The number of likely N-dealkylation sites (N-methyl/N-ethyl adjacent to an activating group) is 1. The number of anilines is 1. The summed E-state index contributed by atoms with van der Waals surface area (Å²) in [4.78, 5) is 24.8. The normalized spacial score (nSPS) is 10.8. The van der Waals surface area contributed by atoms with Crippen molar-refractivity contribution in [3.05, 3.63) is 29.8 Å². The Morgan fingerprint density at radius 2 is 1.90 bits per heavy atom. The highest BCUT2D eigenvalue weighted by molar-refractivity contribution is 6.39. The van der Waals surface area contributed by atoms with Crippen LogP contribution < -0.4 is 5.32 Å². The summed E-state index contributed by atoms with van der Waals surface area (Å²) in [6.45, 7) is 1.69. The van der Waals surface area contributed by atoms with Gasteiger partial charge < -0.3 is 10.2 Å². The zero-order valence-corrected chi connectivity index (χ0v) is 11.3. The van der Waals surface area contributed by atoms with Gasteiger partial charge in [0.25, 0.3) is 0 Å². The first-order valence-corrected chi connectivity index (χ1v) is 5.95. The maximum atomic E-state index is 11.8. The molecule has 0 aliphatic heterocycles. The fourth-order valence-corrected chi connectivity index (χ4v) is 1.44. The highest BCUT2D eigenvalue weighted by Gasteiger charge is 2.22. The molecule has 6 nitrogen and oxygen atoms in total. The number of carbonyl (C=O) groups is 2. The monoisotopic (exact) mass is 270 g/mol. The quantitative estimate of drug-likeness (QED) is 0.836. The molecular weight excluding hydrogens is 256 g/mol. The summed E-state index contributed by atoms with van der Waals surface area (Å²) >= 11 is 0. The fraction of sp³-hybridized carbons (Fsp3) is 0.286. The molecule has 2 amide bonds. The SMILES string of the molecule is C[C@H](CC#N)N(C)C(=O)C(=O)Nc1ccc(C#N)cc1. The molecule has 0 radical (unpaired) electrons. The summed E-state index contributed by atoms with van der Waals surface area (Å²) in [6, 6.07) is 9.75. The molecule has 0 saturated heterocycles. The van der Waals surface area contributed by atoms with Gasteiger partial charge in [0.2, 0.25) is 0 Å². The molecule has 6 heteroatoms. The number of carbonyl (C=O) groups excluding carboxylic acids is 2. The van der Waals surface area contributed by atoms with E-state index in [1.165, 1.54) is 11.9 Å². The molecule has 0 saturated carbocycles. The Labute approximate surface area is 117 Å². The van der Waals surface area contributed by atoms with Crippen LogP contribution in [0.4, 0.5) is 5.69 Å². The highest BCUT2D eigenvalue weighted by atomic mass is 16.2. The van der Waals surface area contributed by atoms with Crippen molar-refractivity contribution in [2.45, 2.75) is 19.4 Å². The van der Waals surface area contributed by atoms with Crippen LogP contribution in [0.25, 0.3) is 0 Å². The number of nitrogens with one attached hydrogen (secondary N) is 1. The van der Waals surface area contributed by atoms with Gasteiger partial charge in [-0.1, -0.05) is 0 Å². The lowest BCUT2D eigenvalue weighted by atomic mass is 10.2. The van der Waals surface area contributed by atoms with Crippen molar-refractivity contribution in [2.75, 3.05) is 12.4 Å². The van der Waals surface area contributed by atoms with E-state index in [2.05, 4.69) is 5.32 Å². The Morgan fingerprint density at radius 1 is 1.30 bits per heavy atom. The van der Waals surface area contributed by atoms with Crippen molar-refractivity contribution in [1.82, 2.24) is 4.90 Å². The van der Waals surface area contributed by atoms with Gasteiger partial charge in [0.1, 0.15) is 0 Å². The predicted octanol–water partition coefficient (Wildman–Crippen LogP) is 1.26. The van der Waals surface area contributed by atoms with Crippen molar-refractivity contribution in [3.8, 4) is 12.1 Å². The number of nitrogens with zero attached hydrogens (tertiary/aromatic N) is 3. The third kappa shape index (κ3) is 3.82. The number of nitriles is 2. The number of rotatable bonds is 3. The summed E-state index contributed by atoms with van der Waals surface area (Å²) in [6.07, 6.45) is 0.159. The van der Waals surface area contributed by atoms with Crippen molar-refractivity contribution in [3.63, 3.8) is 0 Å². The molecule has 1 N–H and O–H groups in total. The molecule has 102 valence electrons. The van der Waals surface area contributed by atoms with Gasteiger partial charge in [-0.2, -0.15) is 10.5 Å². The third-order valence-corrected chi connectivity index (χ3v) is 2.83. The maximum absolute atomic E-state index is 11.8. The van der Waals surface area contributed by atoms with E-state index in [1.807, 2.05) is 12.1 Å². The van der Waals surface area contributed by atoms with Gasteiger partial charge in [-0.05, 0) is 31.2 Å². The van der Waals surface area contributed by atoms with Crippen LogP contribution in [-0.2, 0) is 9.59 Å². The van der Waals surface area contributed by atoms with Gasteiger partial charge in [0.05, 0.1) is 24.1 Å². The van der Waals surface area contributed by atoms with Crippen molar-refractivity contribution in [1.29, 1.82) is 10.5 Å².